The van der Waals surface area contributed by atoms with Crippen molar-refractivity contribution < 1.29 is 4.74 Å². The molecule has 126 valence electrons. The molecule has 2 heterocycles. The first-order valence-electron chi connectivity index (χ1n) is 8.73. The van der Waals surface area contributed by atoms with E-state index >= 15 is 0 Å². The lowest BCUT2D eigenvalue weighted by Gasteiger charge is -2.26. The summed E-state index contributed by atoms with van der Waals surface area (Å²) < 4.78 is 5.91. The number of benzene rings is 1. The Hall–Kier alpha value is -1.75. The topological polar surface area (TPSA) is 31.3 Å². The minimum absolute atomic E-state index is 0.739. The highest BCUT2D eigenvalue weighted by molar-refractivity contribution is 5.55. The number of rotatable bonds is 7. The molecule has 3 rings (SSSR count). The van der Waals surface area contributed by atoms with Crippen LogP contribution in [0.3, 0.4) is 0 Å². The smallest absolute Gasteiger partial charge is 0.119 e. The SMILES string of the molecule is CN1C=NN(CCCOc2cccc(CN3CCCCC3)c2)C1. The van der Waals surface area contributed by atoms with Crippen molar-refractivity contribution in [1.82, 2.24) is 14.8 Å². The molecule has 0 bridgehead atoms. The number of hydrogen-bond donors (Lipinski definition) is 0. The monoisotopic (exact) mass is 316 g/mol. The summed E-state index contributed by atoms with van der Waals surface area (Å²) in [5.41, 5.74) is 1.36. The second kappa shape index (κ2) is 8.20. The number of likely N-dealkylation sites (tertiary alicyclic amines) is 1. The number of hydrogen-bond acceptors (Lipinski definition) is 5. The molecule has 1 aromatic rings. The third-order valence-electron chi connectivity index (χ3n) is 4.38. The molecule has 0 aromatic heterocycles. The number of nitrogens with zero attached hydrogens (tertiary/aromatic N) is 4. The molecule has 0 N–H and O–H groups in total. The molecular formula is C18H28N4O. The third-order valence-corrected chi connectivity index (χ3v) is 4.38. The van der Waals surface area contributed by atoms with Crippen molar-refractivity contribution in [2.45, 2.75) is 32.2 Å². The predicted octanol–water partition coefficient (Wildman–Crippen LogP) is 2.59. The average molecular weight is 316 g/mol. The molecule has 0 unspecified atom stereocenters. The van der Waals surface area contributed by atoms with E-state index in [4.69, 9.17) is 4.74 Å². The van der Waals surface area contributed by atoms with Crippen LogP contribution in [-0.2, 0) is 6.54 Å². The van der Waals surface area contributed by atoms with Crippen LogP contribution in [0, 0.1) is 0 Å². The molecule has 0 spiro atoms. The van der Waals surface area contributed by atoms with E-state index in [1.807, 2.05) is 13.4 Å². The van der Waals surface area contributed by atoms with Gasteiger partial charge in [-0.3, -0.25) is 9.91 Å². The van der Waals surface area contributed by atoms with E-state index in [9.17, 15) is 0 Å². The quantitative estimate of drug-likeness (QED) is 0.724. The minimum atomic E-state index is 0.739. The van der Waals surface area contributed by atoms with Crippen LogP contribution < -0.4 is 4.74 Å². The summed E-state index contributed by atoms with van der Waals surface area (Å²) in [5.74, 6) is 0.988. The Morgan fingerprint density at radius 2 is 2.04 bits per heavy atom. The van der Waals surface area contributed by atoms with Gasteiger partial charge in [0, 0.05) is 26.6 Å². The van der Waals surface area contributed by atoms with Crippen LogP contribution in [0.5, 0.6) is 5.75 Å². The van der Waals surface area contributed by atoms with Gasteiger partial charge in [0.15, 0.2) is 0 Å². The highest BCUT2D eigenvalue weighted by Gasteiger charge is 2.11. The Morgan fingerprint density at radius 1 is 1.17 bits per heavy atom. The summed E-state index contributed by atoms with van der Waals surface area (Å²) in [6.45, 7) is 6.07. The molecule has 5 heteroatoms. The van der Waals surface area contributed by atoms with E-state index < -0.39 is 0 Å². The van der Waals surface area contributed by atoms with Gasteiger partial charge in [0.05, 0.1) is 6.61 Å². The van der Waals surface area contributed by atoms with Gasteiger partial charge < -0.3 is 9.64 Å². The third kappa shape index (κ3) is 5.13. The zero-order chi connectivity index (χ0) is 15.9. The van der Waals surface area contributed by atoms with Crippen molar-refractivity contribution in [3.8, 4) is 5.75 Å². The van der Waals surface area contributed by atoms with Gasteiger partial charge in [-0.2, -0.15) is 5.10 Å². The van der Waals surface area contributed by atoms with E-state index in [0.29, 0.717) is 0 Å². The first kappa shape index (κ1) is 16.1. The summed E-state index contributed by atoms with van der Waals surface area (Å²) in [6, 6.07) is 8.56. The average Bonchev–Trinajstić information content (AvgIpc) is 2.98. The van der Waals surface area contributed by atoms with Crippen molar-refractivity contribution in [2.24, 2.45) is 5.10 Å². The Bertz CT molecular complexity index is 513. The van der Waals surface area contributed by atoms with Gasteiger partial charge >= 0.3 is 0 Å². The lowest BCUT2D eigenvalue weighted by molar-refractivity contribution is 0.218. The van der Waals surface area contributed by atoms with Gasteiger partial charge in [0.2, 0.25) is 0 Å². The molecule has 5 nitrogen and oxygen atoms in total. The second-order valence-electron chi connectivity index (χ2n) is 6.55. The molecular weight excluding hydrogens is 288 g/mol. The van der Waals surface area contributed by atoms with Gasteiger partial charge in [-0.15, -0.1) is 0 Å². The Balaban J connectivity index is 1.39. The molecule has 0 saturated carbocycles. The molecule has 23 heavy (non-hydrogen) atoms. The van der Waals surface area contributed by atoms with Crippen LogP contribution >= 0.6 is 0 Å². The normalized spacial score (nSPS) is 18.7. The summed E-state index contributed by atoms with van der Waals surface area (Å²) in [5, 5.41) is 6.38. The number of hydrazone groups is 1. The second-order valence-corrected chi connectivity index (χ2v) is 6.55. The van der Waals surface area contributed by atoms with Crippen molar-refractivity contribution >= 4 is 6.34 Å². The predicted molar refractivity (Wildman–Crippen MR) is 93.5 cm³/mol. The van der Waals surface area contributed by atoms with Crippen LogP contribution in [-0.4, -0.2) is 61.1 Å². The Kier molecular flexibility index (Phi) is 5.75. The van der Waals surface area contributed by atoms with Gasteiger partial charge in [-0.05, 0) is 43.6 Å². The molecule has 0 atom stereocenters. The standard InChI is InChI=1S/C18H28N4O/c1-20-15-19-22(16-20)11-6-12-23-18-8-5-7-17(13-18)14-21-9-3-2-4-10-21/h5,7-8,13,15H,2-4,6,9-12,14,16H2,1H3. The molecule has 0 amide bonds. The minimum Gasteiger partial charge on any atom is -0.494 e. The van der Waals surface area contributed by atoms with Gasteiger partial charge in [-0.25, -0.2) is 0 Å². The zero-order valence-electron chi connectivity index (χ0n) is 14.2. The van der Waals surface area contributed by atoms with Crippen molar-refractivity contribution in [2.75, 3.05) is 40.0 Å². The van der Waals surface area contributed by atoms with E-state index in [2.05, 4.69) is 44.2 Å². The summed E-state index contributed by atoms with van der Waals surface area (Å²) in [7, 11) is 2.04. The first-order chi connectivity index (χ1) is 11.3. The van der Waals surface area contributed by atoms with E-state index in [1.54, 1.807) is 0 Å². The van der Waals surface area contributed by atoms with Crippen LogP contribution in [0.25, 0.3) is 0 Å². The Labute approximate surface area is 139 Å². The molecule has 2 aliphatic rings. The maximum atomic E-state index is 5.91. The highest BCUT2D eigenvalue weighted by atomic mass is 16.5. The summed E-state index contributed by atoms with van der Waals surface area (Å²) >= 11 is 0. The van der Waals surface area contributed by atoms with Crippen molar-refractivity contribution in [1.29, 1.82) is 0 Å². The van der Waals surface area contributed by atoms with Crippen molar-refractivity contribution in [3.05, 3.63) is 29.8 Å². The molecule has 1 fully saturated rings. The summed E-state index contributed by atoms with van der Waals surface area (Å²) in [6.07, 6.45) is 6.91. The molecule has 1 aromatic carbocycles. The van der Waals surface area contributed by atoms with E-state index in [-0.39, 0.29) is 0 Å². The number of piperidine rings is 1. The highest BCUT2D eigenvalue weighted by Crippen LogP contribution is 2.17. The van der Waals surface area contributed by atoms with Crippen LogP contribution in [0.2, 0.25) is 0 Å². The fraction of sp³-hybridized carbons (Fsp3) is 0.611. The van der Waals surface area contributed by atoms with Crippen LogP contribution in [0.15, 0.2) is 29.4 Å². The maximum Gasteiger partial charge on any atom is 0.119 e. The maximum absolute atomic E-state index is 5.91. The van der Waals surface area contributed by atoms with Crippen LogP contribution in [0.1, 0.15) is 31.2 Å². The zero-order valence-corrected chi connectivity index (χ0v) is 14.2. The lowest BCUT2D eigenvalue weighted by Crippen LogP contribution is -2.29. The lowest BCUT2D eigenvalue weighted by atomic mass is 10.1. The molecule has 0 aliphatic carbocycles. The fourth-order valence-corrected chi connectivity index (χ4v) is 3.17. The van der Waals surface area contributed by atoms with E-state index in [1.165, 1.54) is 37.9 Å². The number of ether oxygens (including phenoxy) is 1. The van der Waals surface area contributed by atoms with Crippen molar-refractivity contribution in [3.63, 3.8) is 0 Å². The fourth-order valence-electron chi connectivity index (χ4n) is 3.17. The largest absolute Gasteiger partial charge is 0.494 e. The van der Waals surface area contributed by atoms with Gasteiger partial charge in [0.1, 0.15) is 18.8 Å². The van der Waals surface area contributed by atoms with Gasteiger partial charge in [0.25, 0.3) is 0 Å². The van der Waals surface area contributed by atoms with Gasteiger partial charge in [-0.1, -0.05) is 18.6 Å². The molecule has 0 radical (unpaired) electrons. The van der Waals surface area contributed by atoms with E-state index in [0.717, 1.165) is 38.5 Å². The molecule has 1 saturated heterocycles. The van der Waals surface area contributed by atoms with Crippen LogP contribution in [0.4, 0.5) is 0 Å². The Morgan fingerprint density at radius 3 is 2.83 bits per heavy atom. The summed E-state index contributed by atoms with van der Waals surface area (Å²) in [4.78, 5) is 4.62. The first-order valence-corrected chi connectivity index (χ1v) is 8.73. The molecule has 2 aliphatic heterocycles.